The molecule has 0 atom stereocenters. The van der Waals surface area contributed by atoms with Gasteiger partial charge in [0.2, 0.25) is 11.8 Å². The maximum absolute atomic E-state index is 10.8. The van der Waals surface area contributed by atoms with E-state index < -0.39 is 11.8 Å². The van der Waals surface area contributed by atoms with Crippen molar-refractivity contribution in [2.45, 2.75) is 27.2 Å². The van der Waals surface area contributed by atoms with Crippen LogP contribution in [0.25, 0.3) is 50.7 Å². The summed E-state index contributed by atoms with van der Waals surface area (Å²) in [5, 5.41) is 3.03. The zero-order valence-electron chi connectivity index (χ0n) is 39.8. The number of hydrogen-bond acceptors (Lipinski definition) is 5. The molecule has 74 heavy (non-hydrogen) atoms. The summed E-state index contributed by atoms with van der Waals surface area (Å²) >= 11 is 34.6. The summed E-state index contributed by atoms with van der Waals surface area (Å²) in [6.45, 7) is 6.15. The van der Waals surface area contributed by atoms with E-state index in [1.165, 1.54) is 0 Å². The van der Waals surface area contributed by atoms with Crippen molar-refractivity contribution < 1.29 is 9.59 Å². The molecule has 4 N–H and O–H groups in total. The van der Waals surface area contributed by atoms with E-state index in [1.807, 2.05) is 159 Å². The lowest BCUT2D eigenvalue weighted by Crippen LogP contribution is -2.11. The van der Waals surface area contributed by atoms with Gasteiger partial charge in [0.25, 0.3) is 0 Å². The monoisotopic (exact) mass is 1250 g/mol. The molecule has 374 valence electrons. The molecule has 0 fully saturated rings. The first kappa shape index (κ1) is 55.5. The number of halogens is 7. The van der Waals surface area contributed by atoms with Crippen LogP contribution < -0.4 is 11.5 Å². The fraction of sp³-hybridized carbons (Fsp3) is 0.0702. The van der Waals surface area contributed by atoms with Gasteiger partial charge < -0.3 is 20.3 Å². The van der Waals surface area contributed by atoms with Gasteiger partial charge in [0, 0.05) is 66.2 Å². The van der Waals surface area contributed by atoms with Crippen LogP contribution in [-0.4, -0.2) is 40.0 Å². The Labute approximate surface area is 475 Å². The first-order chi connectivity index (χ1) is 35.5. The van der Waals surface area contributed by atoms with Gasteiger partial charge in [0.05, 0.1) is 32.6 Å². The Morgan fingerprint density at radius 1 is 0.500 bits per heavy atom. The summed E-state index contributed by atoms with van der Waals surface area (Å²) in [6, 6.07) is 51.6. The zero-order valence-corrected chi connectivity index (χ0v) is 47.4. The quantitative estimate of drug-likeness (QED) is 0.160. The summed E-state index contributed by atoms with van der Waals surface area (Å²) < 4.78 is 8.15. The predicted octanol–water partition coefficient (Wildman–Crippen LogP) is 16.4. The largest absolute Gasteiger partial charge is 0.366 e. The van der Waals surface area contributed by atoms with Crippen molar-refractivity contribution in [3.63, 3.8) is 0 Å². The smallest absolute Gasteiger partial charge is 0.250 e. The highest BCUT2D eigenvalue weighted by atomic mass is 127. The van der Waals surface area contributed by atoms with E-state index in [9.17, 15) is 9.59 Å². The molecule has 0 aliphatic rings. The number of pyridine rings is 3. The molecule has 0 bridgehead atoms. The molecule has 0 spiro atoms. The Balaban J connectivity index is 0.000000137. The van der Waals surface area contributed by atoms with Crippen LogP contribution in [-0.2, 0) is 6.42 Å². The lowest BCUT2D eigenvalue weighted by atomic mass is 10.1. The van der Waals surface area contributed by atoms with Crippen LogP contribution in [0.1, 0.15) is 44.6 Å². The van der Waals surface area contributed by atoms with Crippen LogP contribution >= 0.6 is 96.5 Å². The van der Waals surface area contributed by atoms with E-state index in [4.69, 9.17) is 69.5 Å². The molecule has 0 saturated carbocycles. The number of carbonyl (C=O) groups is 2. The second-order valence-electron chi connectivity index (χ2n) is 16.2. The maximum Gasteiger partial charge on any atom is 0.250 e. The van der Waals surface area contributed by atoms with Crippen molar-refractivity contribution in [3.05, 3.63) is 244 Å². The van der Waals surface area contributed by atoms with Gasteiger partial charge in [-0.2, -0.15) is 0 Å². The van der Waals surface area contributed by atoms with Gasteiger partial charge >= 0.3 is 0 Å². The van der Waals surface area contributed by atoms with E-state index in [2.05, 4.69) is 80.5 Å². The highest BCUT2D eigenvalue weighted by molar-refractivity contribution is 14.1. The minimum atomic E-state index is -0.517. The van der Waals surface area contributed by atoms with E-state index in [-0.39, 0.29) is 0 Å². The van der Waals surface area contributed by atoms with Gasteiger partial charge in [-0.3, -0.25) is 14.0 Å². The number of nitrogens with zero attached hydrogens (tertiary/aromatic N) is 6. The lowest BCUT2D eigenvalue weighted by molar-refractivity contribution is 0.0992. The van der Waals surface area contributed by atoms with E-state index in [1.54, 1.807) is 30.3 Å². The minimum absolute atomic E-state index is 0.334. The molecule has 6 heterocycles. The number of rotatable bonds is 6. The molecule has 17 heteroatoms. The topological polar surface area (TPSA) is 138 Å². The number of fused-ring (bicyclic) bond motifs is 3. The number of nitrogens with two attached hydrogens (primary N) is 2. The van der Waals surface area contributed by atoms with Gasteiger partial charge in [-0.25, -0.2) is 15.0 Å². The molecule has 2 amide bonds. The second kappa shape index (κ2) is 25.8. The maximum atomic E-state index is 10.8. The number of hydrogen-bond donors (Lipinski definition) is 2. The van der Waals surface area contributed by atoms with Crippen molar-refractivity contribution in [2.24, 2.45) is 11.5 Å². The van der Waals surface area contributed by atoms with Crippen molar-refractivity contribution in [2.75, 3.05) is 0 Å². The Bertz CT molecular complexity index is 3440. The van der Waals surface area contributed by atoms with Crippen molar-refractivity contribution in [1.29, 1.82) is 0 Å². The molecule has 10 nitrogen and oxygen atoms in total. The first-order valence-electron chi connectivity index (χ1n) is 22.6. The Morgan fingerprint density at radius 2 is 0.865 bits per heavy atom. The number of aryl methyl sites for hydroxylation is 3. The Hall–Kier alpha value is -6.23. The molecule has 11 aromatic rings. The standard InChI is InChI=1S/2C14H11ClN2.C13H8ClIN2.C9H10ClNO.C7H5BrClNO/c2*1-10-14(11-5-7-12(15)8-6-11)16-13-4-2-3-9-17(10)13;14-10-6-4-9(5-7-10)12-13(15)17-8-2-1-3-11(17)16-12;1-2-6-3-4-8(10)7(5-6)9(11)12;8-4-1-2-6(9)5(3-4)7(10)11/h2*2-9H,1H3;1-8H;3-5H,2H2,1H3,(H2,11,12);1-3H,(H2,10,11). The van der Waals surface area contributed by atoms with Gasteiger partial charge in [-0.05, 0) is 152 Å². The van der Waals surface area contributed by atoms with E-state index in [0.29, 0.717) is 21.2 Å². The third kappa shape index (κ3) is 13.9. The van der Waals surface area contributed by atoms with Crippen molar-refractivity contribution in [1.82, 2.24) is 28.2 Å². The third-order valence-electron chi connectivity index (χ3n) is 11.3. The molecule has 0 aliphatic heterocycles. The van der Waals surface area contributed by atoms with Gasteiger partial charge in [0.15, 0.2) is 0 Å². The summed E-state index contributed by atoms with van der Waals surface area (Å²) in [5.74, 6) is -0.994. The summed E-state index contributed by atoms with van der Waals surface area (Å²) in [4.78, 5) is 35.4. The van der Waals surface area contributed by atoms with Gasteiger partial charge in [0.1, 0.15) is 26.3 Å². The van der Waals surface area contributed by atoms with Crippen molar-refractivity contribution in [3.8, 4) is 33.8 Å². The summed E-state index contributed by atoms with van der Waals surface area (Å²) in [7, 11) is 0. The van der Waals surface area contributed by atoms with Crippen LogP contribution in [0, 0.1) is 17.5 Å². The second-order valence-corrected chi connectivity index (χ2v) is 20.2. The molecule has 0 radical (unpaired) electrons. The van der Waals surface area contributed by atoms with E-state index in [0.717, 1.165) is 97.3 Å². The molecular formula is C57H45BrCl5IN8O2. The predicted molar refractivity (Wildman–Crippen MR) is 316 cm³/mol. The van der Waals surface area contributed by atoms with Crippen molar-refractivity contribution >= 4 is 125 Å². The minimum Gasteiger partial charge on any atom is -0.366 e. The fourth-order valence-electron chi connectivity index (χ4n) is 7.42. The number of carbonyl (C=O) groups excluding carboxylic acids is 2. The zero-order chi connectivity index (χ0) is 53.1. The number of aromatic nitrogens is 6. The molecule has 0 unspecified atom stereocenters. The van der Waals surface area contributed by atoms with Gasteiger partial charge in [-0.1, -0.05) is 142 Å². The highest BCUT2D eigenvalue weighted by Gasteiger charge is 2.13. The number of imidazole rings is 3. The highest BCUT2D eigenvalue weighted by Crippen LogP contribution is 2.29. The average molecular weight is 1260 g/mol. The first-order valence-corrected chi connectivity index (χ1v) is 26.4. The fourth-order valence-corrected chi connectivity index (χ4v) is 9.42. The number of amides is 2. The normalized spacial score (nSPS) is 10.6. The molecular weight excluding hydrogens is 1210 g/mol. The van der Waals surface area contributed by atoms with Crippen LogP contribution in [0.5, 0.6) is 0 Å². The van der Waals surface area contributed by atoms with Crippen LogP contribution in [0.4, 0.5) is 0 Å². The van der Waals surface area contributed by atoms with Crippen LogP contribution in [0.3, 0.4) is 0 Å². The molecule has 0 aliphatic carbocycles. The summed E-state index contributed by atoms with van der Waals surface area (Å²) in [6.07, 6.45) is 6.94. The van der Waals surface area contributed by atoms with Crippen LogP contribution in [0.2, 0.25) is 25.1 Å². The molecule has 6 aromatic heterocycles. The molecule has 5 aromatic carbocycles. The third-order valence-corrected chi connectivity index (χ3v) is 14.2. The SMILES string of the molecule is CCc1ccc(Cl)c(C(N)=O)c1.Cc1c(-c2ccc(Cl)cc2)nc2ccccn12.Cc1c(-c2ccc(Cl)cc2)nc2ccccn12.Clc1ccc(-c2nc3ccccn3c2I)cc1.NC(=O)c1cc(Br)ccc1Cl. The Kier molecular flexibility index (Phi) is 19.4. The summed E-state index contributed by atoms with van der Waals surface area (Å²) in [5.41, 5.74) is 23.4. The van der Waals surface area contributed by atoms with Crippen LogP contribution in [0.15, 0.2) is 187 Å². The average Bonchev–Trinajstić information content (AvgIpc) is 4.05. The molecule has 0 saturated heterocycles. The van der Waals surface area contributed by atoms with E-state index >= 15 is 0 Å². The molecule has 11 rings (SSSR count). The Morgan fingerprint density at radius 3 is 1.24 bits per heavy atom. The number of primary amides is 2. The lowest BCUT2D eigenvalue weighted by Gasteiger charge is -2.01. The number of benzene rings is 5. The van der Waals surface area contributed by atoms with Gasteiger partial charge in [-0.15, -0.1) is 0 Å².